The Balaban J connectivity index is 1.54. The number of aryl methyl sites for hydroxylation is 2. The number of amides is 1. The van der Waals surface area contributed by atoms with Crippen molar-refractivity contribution in [3.8, 4) is 17.2 Å². The molecule has 48 heavy (non-hydrogen) atoms. The molecular formula is C35H39N3O8S2. The normalized spacial score (nSPS) is 11.6. The lowest BCUT2D eigenvalue weighted by Gasteiger charge is -2.24. The molecule has 0 aliphatic carbocycles. The highest BCUT2D eigenvalue weighted by Gasteiger charge is 2.24. The molecule has 1 amide bonds. The number of nitrogens with zero attached hydrogens (tertiary/aromatic N) is 1. The Labute approximate surface area is 282 Å². The highest BCUT2D eigenvalue weighted by molar-refractivity contribution is 7.93. The van der Waals surface area contributed by atoms with Crippen LogP contribution in [-0.4, -0.2) is 50.1 Å². The molecule has 0 saturated heterocycles. The Morgan fingerprint density at radius 1 is 0.771 bits per heavy atom. The number of rotatable bonds is 14. The Bertz CT molecular complexity index is 2020. The Morgan fingerprint density at radius 2 is 1.46 bits per heavy atom. The molecule has 0 saturated carbocycles. The van der Waals surface area contributed by atoms with Crippen LogP contribution in [0.15, 0.2) is 94.7 Å². The first kappa shape index (κ1) is 35.8. The van der Waals surface area contributed by atoms with Gasteiger partial charge in [-0.25, -0.2) is 8.42 Å². The van der Waals surface area contributed by atoms with E-state index in [-0.39, 0.29) is 27.0 Å². The van der Waals surface area contributed by atoms with Gasteiger partial charge in [0.05, 0.1) is 19.9 Å². The molecule has 0 radical (unpaired) electrons. The maximum atomic E-state index is 13.6. The fourth-order valence-electron chi connectivity index (χ4n) is 4.85. The van der Waals surface area contributed by atoms with Gasteiger partial charge in [0.1, 0.15) is 15.5 Å². The summed E-state index contributed by atoms with van der Waals surface area (Å²) in [5.41, 5.74) is 2.97. The van der Waals surface area contributed by atoms with Gasteiger partial charge < -0.3 is 23.9 Å². The van der Waals surface area contributed by atoms with E-state index >= 15 is 0 Å². The summed E-state index contributed by atoms with van der Waals surface area (Å²) < 4.78 is 71.8. The molecule has 4 aromatic rings. The molecule has 254 valence electrons. The molecule has 0 atom stereocenters. The van der Waals surface area contributed by atoms with Crippen molar-refractivity contribution in [2.75, 3.05) is 42.2 Å². The van der Waals surface area contributed by atoms with Gasteiger partial charge in [-0.1, -0.05) is 18.2 Å². The quantitative estimate of drug-likeness (QED) is 0.114. The van der Waals surface area contributed by atoms with Crippen LogP contribution in [0, 0.1) is 13.8 Å². The second kappa shape index (κ2) is 15.3. The fraction of sp³-hybridized carbons (Fsp3) is 0.229. The van der Waals surface area contributed by atoms with Crippen LogP contribution in [0.1, 0.15) is 30.5 Å². The topological polar surface area (TPSA) is 140 Å². The minimum atomic E-state index is -4.14. The van der Waals surface area contributed by atoms with Crippen LogP contribution < -0.4 is 28.6 Å². The van der Waals surface area contributed by atoms with Gasteiger partial charge in [-0.15, -0.1) is 0 Å². The number of sulfonamides is 1. The molecule has 13 heteroatoms. The van der Waals surface area contributed by atoms with Crippen molar-refractivity contribution in [1.29, 1.82) is 0 Å². The van der Waals surface area contributed by atoms with E-state index in [0.29, 0.717) is 41.3 Å². The zero-order valence-corrected chi connectivity index (χ0v) is 29.2. The standard InChI is InChI=1S/C35H39N3O8S2/c1-7-38(8-2)30-18-15-28(23-34(30)47(40,41)37-27-13-16-29(44-5)17-14-27)36-35(39)20-12-26-11-19-31(32(22-26)45-6)46-48(42,43)33-21-24(3)9-10-25(33)4/h9-23,37H,7-8H2,1-6H3,(H,36,39)/b20-12+. The molecule has 0 aliphatic heterocycles. The van der Waals surface area contributed by atoms with Crippen molar-refractivity contribution in [1.82, 2.24) is 0 Å². The smallest absolute Gasteiger partial charge is 0.339 e. The summed E-state index contributed by atoms with van der Waals surface area (Å²) in [6, 6.07) is 20.8. The Kier molecular flexibility index (Phi) is 11.4. The summed E-state index contributed by atoms with van der Waals surface area (Å²) in [7, 11) is -5.29. The molecule has 2 N–H and O–H groups in total. The SMILES string of the molecule is CCN(CC)c1ccc(NC(=O)/C=C/c2ccc(OS(=O)(=O)c3cc(C)ccc3C)c(OC)c2)cc1S(=O)(=O)Nc1ccc(OC)cc1. The van der Waals surface area contributed by atoms with Crippen LogP contribution in [-0.2, 0) is 24.9 Å². The zero-order chi connectivity index (χ0) is 35.1. The lowest BCUT2D eigenvalue weighted by atomic mass is 10.2. The van der Waals surface area contributed by atoms with Crippen LogP contribution in [0.2, 0.25) is 0 Å². The molecule has 0 unspecified atom stereocenters. The van der Waals surface area contributed by atoms with E-state index in [1.807, 2.05) is 24.8 Å². The minimum Gasteiger partial charge on any atom is -0.497 e. The molecule has 0 aliphatic rings. The molecule has 0 bridgehead atoms. The predicted octanol–water partition coefficient (Wildman–Crippen LogP) is 6.39. The number of anilines is 3. The van der Waals surface area contributed by atoms with E-state index < -0.39 is 26.0 Å². The summed E-state index contributed by atoms with van der Waals surface area (Å²) in [5, 5.41) is 2.72. The van der Waals surface area contributed by atoms with Crippen molar-refractivity contribution < 1.29 is 35.3 Å². The van der Waals surface area contributed by atoms with Gasteiger partial charge in [0.15, 0.2) is 11.5 Å². The van der Waals surface area contributed by atoms with E-state index in [1.165, 1.54) is 44.6 Å². The second-order valence-electron chi connectivity index (χ2n) is 10.7. The average molecular weight is 694 g/mol. The maximum absolute atomic E-state index is 13.6. The third-order valence-electron chi connectivity index (χ3n) is 7.39. The first-order valence-corrected chi connectivity index (χ1v) is 17.9. The third kappa shape index (κ3) is 8.66. The van der Waals surface area contributed by atoms with Gasteiger partial charge in [-0.2, -0.15) is 8.42 Å². The molecule has 11 nitrogen and oxygen atoms in total. The second-order valence-corrected chi connectivity index (χ2v) is 13.9. The van der Waals surface area contributed by atoms with E-state index in [4.69, 9.17) is 13.7 Å². The van der Waals surface area contributed by atoms with Crippen molar-refractivity contribution in [2.45, 2.75) is 37.5 Å². The maximum Gasteiger partial charge on any atom is 0.339 e. The fourth-order valence-corrected chi connectivity index (χ4v) is 7.42. The van der Waals surface area contributed by atoms with Crippen LogP contribution in [0.3, 0.4) is 0 Å². The van der Waals surface area contributed by atoms with Crippen molar-refractivity contribution >= 4 is 49.2 Å². The lowest BCUT2D eigenvalue weighted by Crippen LogP contribution is -2.25. The number of methoxy groups -OCH3 is 2. The highest BCUT2D eigenvalue weighted by Crippen LogP contribution is 2.33. The summed E-state index contributed by atoms with van der Waals surface area (Å²) in [6.45, 7) is 8.47. The molecule has 4 aromatic carbocycles. The Morgan fingerprint density at radius 3 is 2.10 bits per heavy atom. The third-order valence-corrected chi connectivity index (χ3v) is 10.2. The highest BCUT2D eigenvalue weighted by atomic mass is 32.2. The molecule has 0 heterocycles. The first-order valence-electron chi connectivity index (χ1n) is 15.0. The van der Waals surface area contributed by atoms with Gasteiger partial charge in [-0.3, -0.25) is 9.52 Å². The van der Waals surface area contributed by atoms with Gasteiger partial charge in [-0.05, 0) is 111 Å². The largest absolute Gasteiger partial charge is 0.497 e. The van der Waals surface area contributed by atoms with Gasteiger partial charge in [0.25, 0.3) is 10.0 Å². The van der Waals surface area contributed by atoms with Gasteiger partial charge in [0.2, 0.25) is 5.91 Å². The van der Waals surface area contributed by atoms with Crippen LogP contribution in [0.4, 0.5) is 17.1 Å². The van der Waals surface area contributed by atoms with Crippen molar-refractivity contribution in [3.05, 3.63) is 102 Å². The number of hydrogen-bond acceptors (Lipinski definition) is 9. The summed E-state index contributed by atoms with van der Waals surface area (Å²) in [5.74, 6) is 0.208. The molecular weight excluding hydrogens is 655 g/mol. The Hall–Kier alpha value is -5.01. The van der Waals surface area contributed by atoms with Crippen LogP contribution in [0.5, 0.6) is 17.2 Å². The zero-order valence-electron chi connectivity index (χ0n) is 27.6. The van der Waals surface area contributed by atoms with E-state index in [0.717, 1.165) is 5.56 Å². The van der Waals surface area contributed by atoms with Crippen LogP contribution >= 0.6 is 0 Å². The van der Waals surface area contributed by atoms with E-state index in [1.54, 1.807) is 68.4 Å². The van der Waals surface area contributed by atoms with E-state index in [2.05, 4.69) is 10.0 Å². The first-order chi connectivity index (χ1) is 22.8. The number of benzene rings is 4. The number of hydrogen-bond donors (Lipinski definition) is 2. The molecule has 0 spiro atoms. The average Bonchev–Trinajstić information content (AvgIpc) is 3.06. The van der Waals surface area contributed by atoms with Gasteiger partial charge >= 0.3 is 10.1 Å². The van der Waals surface area contributed by atoms with Crippen molar-refractivity contribution in [3.63, 3.8) is 0 Å². The molecule has 4 rings (SSSR count). The lowest BCUT2D eigenvalue weighted by molar-refractivity contribution is -0.111. The van der Waals surface area contributed by atoms with Crippen molar-refractivity contribution in [2.24, 2.45) is 0 Å². The number of carbonyl (C=O) groups is 1. The number of carbonyl (C=O) groups excluding carboxylic acids is 1. The minimum absolute atomic E-state index is 0.0000628. The predicted molar refractivity (Wildman–Crippen MR) is 188 cm³/mol. The molecule has 0 fully saturated rings. The summed E-state index contributed by atoms with van der Waals surface area (Å²) in [4.78, 5) is 14.9. The monoisotopic (exact) mass is 693 g/mol. The molecule has 0 aromatic heterocycles. The summed E-state index contributed by atoms with van der Waals surface area (Å²) in [6.07, 6.45) is 2.78. The summed E-state index contributed by atoms with van der Waals surface area (Å²) >= 11 is 0. The number of nitrogens with one attached hydrogen (secondary N) is 2. The van der Waals surface area contributed by atoms with E-state index in [9.17, 15) is 21.6 Å². The van der Waals surface area contributed by atoms with Crippen LogP contribution in [0.25, 0.3) is 6.08 Å². The van der Waals surface area contributed by atoms with Gasteiger partial charge in [0, 0.05) is 30.5 Å². The number of ether oxygens (including phenoxy) is 2.